The minimum atomic E-state index is -0.561. The van der Waals surface area contributed by atoms with Gasteiger partial charge in [-0.05, 0) is 30.8 Å². The minimum Gasteiger partial charge on any atom is -0.493 e. The van der Waals surface area contributed by atoms with Crippen LogP contribution >= 0.6 is 0 Å². The number of likely N-dealkylation sites (N-methyl/N-ethyl adjacent to an activating group) is 1. The van der Waals surface area contributed by atoms with Crippen molar-refractivity contribution in [2.75, 3.05) is 53.0 Å². The van der Waals surface area contributed by atoms with Crippen molar-refractivity contribution in [2.24, 2.45) is 0 Å². The van der Waals surface area contributed by atoms with Gasteiger partial charge in [0.05, 0.1) is 13.7 Å². The van der Waals surface area contributed by atoms with Gasteiger partial charge >= 0.3 is 0 Å². The molecule has 1 atom stereocenters. The monoisotopic (exact) mass is 365 g/mol. The van der Waals surface area contributed by atoms with Crippen LogP contribution < -0.4 is 14.8 Å². The number of hydrogen-bond acceptors (Lipinski definition) is 6. The molecule has 2 N–H and O–H groups in total. The van der Waals surface area contributed by atoms with E-state index in [-0.39, 0.29) is 12.5 Å². The Morgan fingerprint density at radius 2 is 2.08 bits per heavy atom. The van der Waals surface area contributed by atoms with Gasteiger partial charge in [-0.15, -0.1) is 0 Å². The summed E-state index contributed by atoms with van der Waals surface area (Å²) >= 11 is 0. The number of aliphatic hydroxyl groups is 1. The fraction of sp³-hybridized carbons (Fsp3) is 0.632. The molecule has 146 valence electrons. The number of carbonyl (C=O) groups is 1. The third kappa shape index (κ3) is 6.16. The van der Waals surface area contributed by atoms with E-state index >= 15 is 0 Å². The van der Waals surface area contributed by atoms with Gasteiger partial charge in [0.25, 0.3) is 0 Å². The second kappa shape index (κ2) is 10.4. The van der Waals surface area contributed by atoms with Crippen molar-refractivity contribution >= 4 is 5.91 Å². The van der Waals surface area contributed by atoms with Crippen LogP contribution in [-0.4, -0.2) is 79.9 Å². The third-order valence-electron chi connectivity index (χ3n) is 4.55. The predicted octanol–water partition coefficient (Wildman–Crippen LogP) is 0.709. The summed E-state index contributed by atoms with van der Waals surface area (Å²) in [4.78, 5) is 15.8. The van der Waals surface area contributed by atoms with E-state index in [1.54, 1.807) is 7.11 Å². The highest BCUT2D eigenvalue weighted by Crippen LogP contribution is 2.28. The molecule has 0 spiro atoms. The van der Waals surface area contributed by atoms with E-state index in [1.807, 2.05) is 18.2 Å². The van der Waals surface area contributed by atoms with E-state index in [0.29, 0.717) is 37.7 Å². The van der Waals surface area contributed by atoms with Crippen LogP contribution in [0.15, 0.2) is 18.2 Å². The lowest BCUT2D eigenvalue weighted by Gasteiger charge is -2.26. The molecule has 1 aliphatic rings. The molecular formula is C19H31N3O4. The molecule has 0 aromatic heterocycles. The third-order valence-corrected chi connectivity index (χ3v) is 4.55. The van der Waals surface area contributed by atoms with Crippen molar-refractivity contribution < 1.29 is 19.4 Å². The average molecular weight is 365 g/mol. The molecule has 7 nitrogen and oxygen atoms in total. The lowest BCUT2D eigenvalue weighted by atomic mass is 10.1. The molecule has 1 aliphatic heterocycles. The Bertz CT molecular complexity index is 578. The molecule has 0 aliphatic carbocycles. The molecule has 1 aromatic rings. The molecular weight excluding hydrogens is 334 g/mol. The fourth-order valence-electron chi connectivity index (χ4n) is 3.04. The summed E-state index contributed by atoms with van der Waals surface area (Å²) in [6.07, 6.45) is -0.561. The first-order valence-electron chi connectivity index (χ1n) is 9.24. The van der Waals surface area contributed by atoms with E-state index in [1.165, 1.54) is 0 Å². The molecule has 1 fully saturated rings. The van der Waals surface area contributed by atoms with Gasteiger partial charge in [0.15, 0.2) is 11.5 Å². The second-order valence-electron chi connectivity index (χ2n) is 6.50. The number of benzene rings is 1. The van der Waals surface area contributed by atoms with Gasteiger partial charge in [0, 0.05) is 26.2 Å². The van der Waals surface area contributed by atoms with E-state index in [4.69, 9.17) is 9.47 Å². The number of methoxy groups -OCH3 is 1. The topological polar surface area (TPSA) is 74.3 Å². The van der Waals surface area contributed by atoms with Crippen LogP contribution in [0.3, 0.4) is 0 Å². The highest BCUT2D eigenvalue weighted by Gasteiger charge is 2.17. The standard InChI is InChI=1S/C19H31N3O4/c1-4-21(5-2)12-16(23)14-26-18-10-15(6-7-17(18)25-3)11-22-9-8-20-19(24)13-22/h6-7,10,16,23H,4-5,8-9,11-14H2,1-3H3,(H,20,24)/t16-/m0/s1. The molecule has 1 amide bonds. The summed E-state index contributed by atoms with van der Waals surface area (Å²) < 4.78 is 11.2. The molecule has 0 saturated carbocycles. The number of nitrogens with one attached hydrogen (secondary N) is 1. The quantitative estimate of drug-likeness (QED) is 0.636. The largest absolute Gasteiger partial charge is 0.493 e. The smallest absolute Gasteiger partial charge is 0.234 e. The van der Waals surface area contributed by atoms with Crippen LogP contribution in [0.2, 0.25) is 0 Å². The molecule has 0 bridgehead atoms. The lowest BCUT2D eigenvalue weighted by Crippen LogP contribution is -2.47. The zero-order valence-electron chi connectivity index (χ0n) is 16.0. The molecule has 0 unspecified atom stereocenters. The van der Waals surface area contributed by atoms with Gasteiger partial charge in [-0.3, -0.25) is 9.69 Å². The Hall–Kier alpha value is -1.83. The number of ether oxygens (including phenoxy) is 2. The Morgan fingerprint density at radius 3 is 2.73 bits per heavy atom. The number of piperazine rings is 1. The first-order valence-corrected chi connectivity index (χ1v) is 9.24. The summed E-state index contributed by atoms with van der Waals surface area (Å²) in [6, 6.07) is 5.77. The maximum atomic E-state index is 11.5. The summed E-state index contributed by atoms with van der Waals surface area (Å²) in [7, 11) is 1.60. The van der Waals surface area contributed by atoms with Crippen molar-refractivity contribution in [1.29, 1.82) is 0 Å². The zero-order chi connectivity index (χ0) is 18.9. The van der Waals surface area contributed by atoms with Gasteiger partial charge in [0.2, 0.25) is 5.91 Å². The van der Waals surface area contributed by atoms with Crippen LogP contribution in [0, 0.1) is 0 Å². The van der Waals surface area contributed by atoms with Crippen LogP contribution in [0.4, 0.5) is 0 Å². The highest BCUT2D eigenvalue weighted by molar-refractivity contribution is 5.78. The highest BCUT2D eigenvalue weighted by atomic mass is 16.5. The van der Waals surface area contributed by atoms with E-state index in [9.17, 15) is 9.90 Å². The number of carbonyl (C=O) groups excluding carboxylic acids is 1. The van der Waals surface area contributed by atoms with Gasteiger partial charge in [0.1, 0.15) is 12.7 Å². The predicted molar refractivity (Wildman–Crippen MR) is 101 cm³/mol. The summed E-state index contributed by atoms with van der Waals surface area (Å²) in [5.41, 5.74) is 1.05. The van der Waals surface area contributed by atoms with Gasteiger partial charge in [-0.25, -0.2) is 0 Å². The van der Waals surface area contributed by atoms with E-state index in [0.717, 1.165) is 25.2 Å². The first-order chi connectivity index (χ1) is 12.5. The van der Waals surface area contributed by atoms with E-state index in [2.05, 4.69) is 29.0 Å². The molecule has 1 saturated heterocycles. The number of amides is 1. The van der Waals surface area contributed by atoms with Crippen LogP contribution in [0.1, 0.15) is 19.4 Å². The molecule has 2 rings (SSSR count). The molecule has 0 radical (unpaired) electrons. The Morgan fingerprint density at radius 1 is 1.31 bits per heavy atom. The summed E-state index contributed by atoms with van der Waals surface area (Å²) in [6.45, 7) is 9.33. The van der Waals surface area contributed by atoms with Crippen LogP contribution in [-0.2, 0) is 11.3 Å². The molecule has 1 aromatic carbocycles. The fourth-order valence-corrected chi connectivity index (χ4v) is 3.04. The van der Waals surface area contributed by atoms with Crippen molar-refractivity contribution in [3.05, 3.63) is 23.8 Å². The Labute approximate surface area is 155 Å². The van der Waals surface area contributed by atoms with E-state index < -0.39 is 6.10 Å². The average Bonchev–Trinajstić information content (AvgIpc) is 2.64. The summed E-state index contributed by atoms with van der Waals surface area (Å²) in [5.74, 6) is 1.31. The van der Waals surface area contributed by atoms with Crippen LogP contribution in [0.25, 0.3) is 0 Å². The maximum absolute atomic E-state index is 11.5. The minimum absolute atomic E-state index is 0.0563. The molecule has 7 heteroatoms. The molecule has 1 heterocycles. The second-order valence-corrected chi connectivity index (χ2v) is 6.50. The SMILES string of the molecule is CCN(CC)C[C@H](O)COc1cc(CN2CCNC(=O)C2)ccc1OC. The first kappa shape index (κ1) is 20.5. The van der Waals surface area contributed by atoms with Crippen molar-refractivity contribution in [3.63, 3.8) is 0 Å². The zero-order valence-corrected chi connectivity index (χ0v) is 16.0. The number of hydrogen-bond donors (Lipinski definition) is 2. The van der Waals surface area contributed by atoms with Gasteiger partial charge in [-0.1, -0.05) is 19.9 Å². The summed E-state index contributed by atoms with van der Waals surface area (Å²) in [5, 5.41) is 13.0. The number of aliphatic hydroxyl groups excluding tert-OH is 1. The number of nitrogens with zero attached hydrogens (tertiary/aromatic N) is 2. The molecule has 26 heavy (non-hydrogen) atoms. The normalized spacial score (nSPS) is 16.4. The van der Waals surface area contributed by atoms with Gasteiger partial charge < -0.3 is 24.8 Å². The van der Waals surface area contributed by atoms with Crippen molar-refractivity contribution in [3.8, 4) is 11.5 Å². The van der Waals surface area contributed by atoms with Crippen molar-refractivity contribution in [2.45, 2.75) is 26.5 Å². The van der Waals surface area contributed by atoms with Gasteiger partial charge in [-0.2, -0.15) is 0 Å². The van der Waals surface area contributed by atoms with Crippen LogP contribution in [0.5, 0.6) is 11.5 Å². The lowest BCUT2D eigenvalue weighted by molar-refractivity contribution is -0.124. The Balaban J connectivity index is 1.96. The van der Waals surface area contributed by atoms with Crippen molar-refractivity contribution in [1.82, 2.24) is 15.1 Å². The number of rotatable bonds is 10. The maximum Gasteiger partial charge on any atom is 0.234 e. The Kier molecular flexibility index (Phi) is 8.15.